The number of ether oxygens (including phenoxy) is 1. The molecule has 8 heteroatoms. The fourth-order valence-electron chi connectivity index (χ4n) is 2.68. The maximum absolute atomic E-state index is 12.0. The average Bonchev–Trinajstić information content (AvgIpc) is 2.91. The van der Waals surface area contributed by atoms with Gasteiger partial charge >= 0.3 is 6.18 Å². The number of piperazine rings is 1. The highest BCUT2D eigenvalue weighted by Gasteiger charge is 2.28. The van der Waals surface area contributed by atoms with E-state index in [-0.39, 0.29) is 12.5 Å². The zero-order chi connectivity index (χ0) is 15.3. The third-order valence-corrected chi connectivity index (χ3v) is 3.81. The predicted octanol–water partition coefficient (Wildman–Crippen LogP) is 0.462. The minimum Gasteiger partial charge on any atom is -0.377 e. The molecule has 0 aromatic carbocycles. The van der Waals surface area contributed by atoms with E-state index in [0.717, 1.165) is 39.1 Å². The van der Waals surface area contributed by atoms with Crippen molar-refractivity contribution in [2.45, 2.75) is 25.1 Å². The fourth-order valence-corrected chi connectivity index (χ4v) is 2.68. The van der Waals surface area contributed by atoms with Crippen molar-refractivity contribution in [3.05, 3.63) is 0 Å². The molecule has 0 radical (unpaired) electrons. The molecular formula is C13H22F3N3O2. The molecule has 122 valence electrons. The van der Waals surface area contributed by atoms with E-state index in [1.54, 1.807) is 4.90 Å². The van der Waals surface area contributed by atoms with Crippen molar-refractivity contribution in [1.29, 1.82) is 0 Å². The van der Waals surface area contributed by atoms with Crippen LogP contribution in [0.5, 0.6) is 0 Å². The first kappa shape index (κ1) is 16.5. The molecule has 2 aliphatic heterocycles. The number of nitrogens with zero attached hydrogens (tertiary/aromatic N) is 2. The Morgan fingerprint density at radius 1 is 1.24 bits per heavy atom. The molecule has 2 rings (SSSR count). The van der Waals surface area contributed by atoms with Crippen molar-refractivity contribution in [3.63, 3.8) is 0 Å². The second-order valence-electron chi connectivity index (χ2n) is 5.54. The Morgan fingerprint density at radius 2 is 1.95 bits per heavy atom. The Kier molecular flexibility index (Phi) is 5.83. The van der Waals surface area contributed by atoms with Crippen LogP contribution < -0.4 is 5.32 Å². The summed E-state index contributed by atoms with van der Waals surface area (Å²) < 4.78 is 41.5. The lowest BCUT2D eigenvalue weighted by Crippen LogP contribution is -2.52. The van der Waals surface area contributed by atoms with E-state index in [1.807, 2.05) is 0 Å². The van der Waals surface area contributed by atoms with Crippen LogP contribution in [0.25, 0.3) is 0 Å². The second kappa shape index (κ2) is 7.42. The number of alkyl halides is 3. The van der Waals surface area contributed by atoms with E-state index >= 15 is 0 Å². The summed E-state index contributed by atoms with van der Waals surface area (Å²) in [5.41, 5.74) is 0. The number of hydrogen-bond donors (Lipinski definition) is 1. The van der Waals surface area contributed by atoms with Gasteiger partial charge in [-0.2, -0.15) is 13.2 Å². The Balaban J connectivity index is 1.62. The van der Waals surface area contributed by atoms with Gasteiger partial charge in [0.1, 0.15) is 0 Å². The molecule has 0 aliphatic carbocycles. The fraction of sp³-hybridized carbons (Fsp3) is 0.923. The van der Waals surface area contributed by atoms with Crippen LogP contribution in [0.4, 0.5) is 13.2 Å². The van der Waals surface area contributed by atoms with Gasteiger partial charge in [-0.05, 0) is 12.8 Å². The molecule has 1 unspecified atom stereocenters. The summed E-state index contributed by atoms with van der Waals surface area (Å²) in [5.74, 6) is -0.268. The number of hydrogen-bond acceptors (Lipinski definition) is 4. The number of carbonyl (C=O) groups excluding carboxylic acids is 1. The predicted molar refractivity (Wildman–Crippen MR) is 70.9 cm³/mol. The van der Waals surface area contributed by atoms with Gasteiger partial charge in [0.25, 0.3) is 0 Å². The van der Waals surface area contributed by atoms with Crippen LogP contribution in [0, 0.1) is 0 Å². The van der Waals surface area contributed by atoms with Crippen LogP contribution in [0.15, 0.2) is 0 Å². The van der Waals surface area contributed by atoms with Crippen LogP contribution in [0.3, 0.4) is 0 Å². The van der Waals surface area contributed by atoms with E-state index in [2.05, 4.69) is 10.2 Å². The van der Waals surface area contributed by atoms with Crippen LogP contribution in [0.2, 0.25) is 0 Å². The number of halogens is 3. The number of amides is 1. The maximum Gasteiger partial charge on any atom is 0.401 e. The van der Waals surface area contributed by atoms with Gasteiger partial charge in [-0.1, -0.05) is 0 Å². The second-order valence-corrected chi connectivity index (χ2v) is 5.54. The van der Waals surface area contributed by atoms with Crippen molar-refractivity contribution < 1.29 is 22.7 Å². The van der Waals surface area contributed by atoms with Crippen LogP contribution in [-0.4, -0.2) is 80.4 Å². The summed E-state index contributed by atoms with van der Waals surface area (Å²) in [6.07, 6.45) is -1.80. The Labute approximate surface area is 122 Å². The van der Waals surface area contributed by atoms with Gasteiger partial charge in [-0.15, -0.1) is 0 Å². The topological polar surface area (TPSA) is 44.8 Å². The van der Waals surface area contributed by atoms with Crippen molar-refractivity contribution in [2.24, 2.45) is 0 Å². The molecule has 5 nitrogen and oxygen atoms in total. The highest BCUT2D eigenvalue weighted by molar-refractivity contribution is 5.78. The first-order valence-corrected chi connectivity index (χ1v) is 7.33. The van der Waals surface area contributed by atoms with Gasteiger partial charge in [0.2, 0.25) is 5.91 Å². The third kappa shape index (κ3) is 5.80. The molecule has 0 spiro atoms. The molecule has 0 saturated carbocycles. The molecule has 0 bridgehead atoms. The maximum atomic E-state index is 12.0. The van der Waals surface area contributed by atoms with Gasteiger partial charge in [0.15, 0.2) is 0 Å². The van der Waals surface area contributed by atoms with E-state index in [9.17, 15) is 18.0 Å². The summed E-state index contributed by atoms with van der Waals surface area (Å²) in [6, 6.07) is 0. The lowest BCUT2D eigenvalue weighted by molar-refractivity contribution is -0.135. The van der Waals surface area contributed by atoms with Gasteiger partial charge < -0.3 is 15.0 Å². The molecule has 2 heterocycles. The van der Waals surface area contributed by atoms with Crippen LogP contribution >= 0.6 is 0 Å². The summed E-state index contributed by atoms with van der Waals surface area (Å²) >= 11 is 0. The van der Waals surface area contributed by atoms with E-state index in [1.165, 1.54) is 0 Å². The lowest BCUT2D eigenvalue weighted by atomic mass is 10.2. The highest BCUT2D eigenvalue weighted by atomic mass is 19.4. The lowest BCUT2D eigenvalue weighted by Gasteiger charge is -2.35. The average molecular weight is 309 g/mol. The molecule has 0 aromatic heterocycles. The summed E-state index contributed by atoms with van der Waals surface area (Å²) in [4.78, 5) is 15.7. The third-order valence-electron chi connectivity index (χ3n) is 3.81. The molecule has 21 heavy (non-hydrogen) atoms. The molecule has 1 amide bonds. The first-order chi connectivity index (χ1) is 9.94. The summed E-state index contributed by atoms with van der Waals surface area (Å²) in [6.45, 7) is 2.97. The molecule has 2 saturated heterocycles. The quantitative estimate of drug-likeness (QED) is 0.801. The molecule has 0 aromatic rings. The van der Waals surface area contributed by atoms with Crippen molar-refractivity contribution >= 4 is 5.91 Å². The Morgan fingerprint density at radius 3 is 2.52 bits per heavy atom. The zero-order valence-electron chi connectivity index (χ0n) is 12.0. The Hall–Kier alpha value is -0.860. The monoisotopic (exact) mass is 309 g/mol. The van der Waals surface area contributed by atoms with Crippen molar-refractivity contribution in [1.82, 2.24) is 15.1 Å². The zero-order valence-corrected chi connectivity index (χ0v) is 12.0. The van der Waals surface area contributed by atoms with Crippen LogP contribution in [0.1, 0.15) is 12.8 Å². The van der Waals surface area contributed by atoms with Gasteiger partial charge in [-0.25, -0.2) is 0 Å². The van der Waals surface area contributed by atoms with E-state index in [4.69, 9.17) is 4.74 Å². The summed E-state index contributed by atoms with van der Waals surface area (Å²) in [7, 11) is 0. The van der Waals surface area contributed by atoms with Crippen LogP contribution in [-0.2, 0) is 9.53 Å². The van der Waals surface area contributed by atoms with Crippen molar-refractivity contribution in [2.75, 3.05) is 52.4 Å². The van der Waals surface area contributed by atoms with Gasteiger partial charge in [0.05, 0.1) is 19.2 Å². The Bertz CT molecular complexity index is 338. The standard InChI is InChI=1S/C13H22F3N3O2/c14-13(15,16)10-17-8-12(20)19-5-3-18(4-6-19)9-11-2-1-7-21-11/h11,17H,1-10H2. The highest BCUT2D eigenvalue weighted by Crippen LogP contribution is 2.15. The number of nitrogens with one attached hydrogen (secondary N) is 1. The molecule has 1 atom stereocenters. The summed E-state index contributed by atoms with van der Waals surface area (Å²) in [5, 5.41) is 2.14. The largest absolute Gasteiger partial charge is 0.401 e. The van der Waals surface area contributed by atoms with Gasteiger partial charge in [0, 0.05) is 39.3 Å². The van der Waals surface area contributed by atoms with E-state index in [0.29, 0.717) is 19.2 Å². The number of rotatable bonds is 5. The molecule has 2 aliphatic rings. The smallest absolute Gasteiger partial charge is 0.377 e. The molecule has 1 N–H and O–H groups in total. The van der Waals surface area contributed by atoms with Crippen molar-refractivity contribution in [3.8, 4) is 0 Å². The molecule has 2 fully saturated rings. The number of carbonyl (C=O) groups is 1. The normalized spacial score (nSPS) is 24.5. The van der Waals surface area contributed by atoms with E-state index < -0.39 is 12.7 Å². The minimum atomic E-state index is -4.28. The van der Waals surface area contributed by atoms with Gasteiger partial charge in [-0.3, -0.25) is 9.69 Å². The minimum absolute atomic E-state index is 0.259. The molecular weight excluding hydrogens is 287 g/mol. The SMILES string of the molecule is O=C(CNCC(F)(F)F)N1CCN(CC2CCCO2)CC1. The first-order valence-electron chi connectivity index (χ1n) is 7.33.